The zero-order valence-corrected chi connectivity index (χ0v) is 12.9. The van der Waals surface area contributed by atoms with Crippen LogP contribution in [0.4, 0.5) is 5.69 Å². The largest absolute Gasteiger partial charge is 0.391 e. The second-order valence-corrected chi connectivity index (χ2v) is 5.67. The quantitative estimate of drug-likeness (QED) is 0.661. The molecule has 0 radical (unpaired) electrons. The van der Waals surface area contributed by atoms with Crippen LogP contribution in [0, 0.1) is 0 Å². The van der Waals surface area contributed by atoms with Gasteiger partial charge >= 0.3 is 0 Å². The number of benzene rings is 1. The molecule has 0 aliphatic rings. The second kappa shape index (κ2) is 8.02. The molecule has 4 heteroatoms. The summed E-state index contributed by atoms with van der Waals surface area (Å²) in [4.78, 5) is 12.0. The van der Waals surface area contributed by atoms with Crippen LogP contribution >= 0.6 is 0 Å². The van der Waals surface area contributed by atoms with Crippen LogP contribution in [-0.4, -0.2) is 30.7 Å². The average Bonchev–Trinajstić information content (AvgIpc) is 2.38. The topological polar surface area (TPSA) is 65.9 Å². The molecule has 0 atom stereocenters. The van der Waals surface area contributed by atoms with Crippen molar-refractivity contribution in [3.8, 4) is 0 Å². The van der Waals surface area contributed by atoms with Crippen molar-refractivity contribution in [1.29, 1.82) is 0 Å². The van der Waals surface area contributed by atoms with Crippen LogP contribution in [0.3, 0.4) is 0 Å². The Morgan fingerprint density at radius 1 is 1.20 bits per heavy atom. The number of nitrogens with one attached hydrogen (secondary N) is 1. The van der Waals surface area contributed by atoms with Crippen molar-refractivity contribution in [1.82, 2.24) is 0 Å². The van der Waals surface area contributed by atoms with Gasteiger partial charge in [-0.3, -0.25) is 4.79 Å². The fourth-order valence-corrected chi connectivity index (χ4v) is 2.21. The summed E-state index contributed by atoms with van der Waals surface area (Å²) in [7, 11) is 0. The highest BCUT2D eigenvalue weighted by Crippen LogP contribution is 2.32. The van der Waals surface area contributed by atoms with Gasteiger partial charge in [-0.1, -0.05) is 45.9 Å². The van der Waals surface area contributed by atoms with Crippen molar-refractivity contribution in [3.63, 3.8) is 0 Å². The molecular formula is C16H27N2O2+. The van der Waals surface area contributed by atoms with Crippen LogP contribution in [0.15, 0.2) is 18.2 Å². The lowest BCUT2D eigenvalue weighted by atomic mass is 9.92. The van der Waals surface area contributed by atoms with Gasteiger partial charge in [0.25, 0.3) is 5.91 Å². The van der Waals surface area contributed by atoms with Crippen molar-refractivity contribution in [2.24, 2.45) is 0 Å². The molecule has 0 aliphatic heterocycles. The average molecular weight is 279 g/mol. The standard InChI is InChI=1S/C16H26N2O2/c1-11(2)13-6-5-7-14(12(3)4)16(13)18-15(20)10-17-8-9-19/h5-7,11-12,17,19H,8-10H2,1-4H3,(H,18,20)/p+1. The maximum Gasteiger partial charge on any atom is 0.279 e. The van der Waals surface area contributed by atoms with Crippen LogP contribution < -0.4 is 10.6 Å². The summed E-state index contributed by atoms with van der Waals surface area (Å²) in [5.41, 5.74) is 3.30. The fraction of sp³-hybridized carbons (Fsp3) is 0.562. The minimum absolute atomic E-state index is 0.0200. The molecule has 0 saturated heterocycles. The van der Waals surface area contributed by atoms with Gasteiger partial charge in [-0.25, -0.2) is 0 Å². The molecule has 1 amide bonds. The Bertz CT molecular complexity index is 416. The summed E-state index contributed by atoms with van der Waals surface area (Å²) >= 11 is 0. The van der Waals surface area contributed by atoms with Gasteiger partial charge in [0.2, 0.25) is 0 Å². The first-order valence-corrected chi connectivity index (χ1v) is 7.32. The maximum atomic E-state index is 12.0. The minimum atomic E-state index is -0.0200. The number of carbonyl (C=O) groups is 1. The van der Waals surface area contributed by atoms with E-state index >= 15 is 0 Å². The lowest BCUT2D eigenvalue weighted by molar-refractivity contribution is -0.644. The van der Waals surface area contributed by atoms with Crippen molar-refractivity contribution in [3.05, 3.63) is 29.3 Å². The van der Waals surface area contributed by atoms with E-state index in [2.05, 4.69) is 51.2 Å². The summed E-state index contributed by atoms with van der Waals surface area (Å²) in [6.07, 6.45) is 0. The molecule has 0 bridgehead atoms. The Kier molecular flexibility index (Phi) is 6.68. The van der Waals surface area contributed by atoms with E-state index in [4.69, 9.17) is 5.11 Å². The summed E-state index contributed by atoms with van der Waals surface area (Å²) < 4.78 is 0. The molecule has 0 fully saturated rings. The van der Waals surface area contributed by atoms with Crippen molar-refractivity contribution < 1.29 is 15.2 Å². The summed E-state index contributed by atoms with van der Waals surface area (Å²) in [6.45, 7) is 9.51. The number of para-hydroxylation sites is 1. The van der Waals surface area contributed by atoms with Crippen LogP contribution in [0.1, 0.15) is 50.7 Å². The SMILES string of the molecule is CC(C)c1cccc(C(C)C)c1NC(=O)C[NH2+]CCO. The van der Waals surface area contributed by atoms with Crippen molar-refractivity contribution in [2.45, 2.75) is 39.5 Å². The molecule has 4 nitrogen and oxygen atoms in total. The molecule has 1 aromatic rings. The molecule has 1 rings (SSSR count). The van der Waals surface area contributed by atoms with Gasteiger partial charge in [0.05, 0.1) is 13.2 Å². The number of aliphatic hydroxyl groups excluding tert-OH is 1. The Balaban J connectivity index is 2.93. The van der Waals surface area contributed by atoms with Gasteiger partial charge < -0.3 is 15.7 Å². The third-order valence-corrected chi connectivity index (χ3v) is 3.30. The molecule has 4 N–H and O–H groups in total. The number of carbonyl (C=O) groups excluding carboxylic acids is 1. The maximum absolute atomic E-state index is 12.0. The van der Waals surface area contributed by atoms with Gasteiger partial charge in [0, 0.05) is 5.69 Å². The van der Waals surface area contributed by atoms with E-state index in [1.165, 1.54) is 11.1 Å². The highest BCUT2D eigenvalue weighted by molar-refractivity contribution is 5.93. The van der Waals surface area contributed by atoms with E-state index in [0.29, 0.717) is 24.9 Å². The minimum Gasteiger partial charge on any atom is -0.391 e. The zero-order valence-electron chi connectivity index (χ0n) is 12.9. The van der Waals surface area contributed by atoms with E-state index in [0.717, 1.165) is 5.69 Å². The smallest absolute Gasteiger partial charge is 0.279 e. The molecule has 20 heavy (non-hydrogen) atoms. The Morgan fingerprint density at radius 2 is 1.75 bits per heavy atom. The van der Waals surface area contributed by atoms with Gasteiger partial charge in [-0.2, -0.15) is 0 Å². The second-order valence-electron chi connectivity index (χ2n) is 5.67. The van der Waals surface area contributed by atoms with Gasteiger partial charge in [-0.15, -0.1) is 0 Å². The fourth-order valence-electron chi connectivity index (χ4n) is 2.21. The van der Waals surface area contributed by atoms with E-state index in [1.807, 2.05) is 5.32 Å². The summed E-state index contributed by atoms with van der Waals surface area (Å²) in [5, 5.41) is 13.6. The third-order valence-electron chi connectivity index (χ3n) is 3.30. The highest BCUT2D eigenvalue weighted by Gasteiger charge is 2.16. The normalized spacial score (nSPS) is 11.2. The van der Waals surface area contributed by atoms with E-state index in [1.54, 1.807) is 0 Å². The number of rotatable bonds is 7. The zero-order chi connectivity index (χ0) is 15.1. The Morgan fingerprint density at radius 3 is 2.20 bits per heavy atom. The predicted octanol–water partition coefficient (Wildman–Crippen LogP) is 1.43. The van der Waals surface area contributed by atoms with Crippen LogP contribution in [0.25, 0.3) is 0 Å². The van der Waals surface area contributed by atoms with E-state index in [-0.39, 0.29) is 12.5 Å². The van der Waals surface area contributed by atoms with E-state index < -0.39 is 0 Å². The van der Waals surface area contributed by atoms with Crippen molar-refractivity contribution in [2.75, 3.05) is 25.0 Å². The number of anilines is 1. The summed E-state index contributed by atoms with van der Waals surface area (Å²) in [6, 6.07) is 6.20. The molecule has 0 spiro atoms. The Labute approximate surface area is 121 Å². The number of aliphatic hydroxyl groups is 1. The Hall–Kier alpha value is -1.39. The van der Waals surface area contributed by atoms with Crippen molar-refractivity contribution >= 4 is 11.6 Å². The number of nitrogens with two attached hydrogens (primary N) is 1. The van der Waals surface area contributed by atoms with Gasteiger partial charge in [-0.05, 0) is 23.0 Å². The third kappa shape index (κ3) is 4.62. The monoisotopic (exact) mass is 279 g/mol. The molecular weight excluding hydrogens is 252 g/mol. The number of hydrogen-bond acceptors (Lipinski definition) is 2. The lowest BCUT2D eigenvalue weighted by Crippen LogP contribution is -2.87. The van der Waals surface area contributed by atoms with Gasteiger partial charge in [0.1, 0.15) is 0 Å². The van der Waals surface area contributed by atoms with Gasteiger partial charge in [0.15, 0.2) is 6.54 Å². The van der Waals surface area contributed by atoms with Crippen LogP contribution in [0.2, 0.25) is 0 Å². The first kappa shape index (κ1) is 16.7. The molecule has 112 valence electrons. The van der Waals surface area contributed by atoms with E-state index in [9.17, 15) is 4.79 Å². The lowest BCUT2D eigenvalue weighted by Gasteiger charge is -2.19. The first-order valence-electron chi connectivity index (χ1n) is 7.32. The molecule has 0 heterocycles. The molecule has 0 aliphatic carbocycles. The van der Waals surface area contributed by atoms with Crippen LogP contribution in [0.5, 0.6) is 0 Å². The predicted molar refractivity (Wildman–Crippen MR) is 82.0 cm³/mol. The van der Waals surface area contributed by atoms with Crippen LogP contribution in [-0.2, 0) is 4.79 Å². The number of amides is 1. The first-order chi connectivity index (χ1) is 9.47. The molecule has 0 aromatic heterocycles. The number of hydrogen-bond donors (Lipinski definition) is 3. The molecule has 0 unspecified atom stereocenters. The number of quaternary nitrogens is 1. The molecule has 0 saturated carbocycles. The molecule has 1 aromatic carbocycles. The summed E-state index contributed by atoms with van der Waals surface area (Å²) in [5.74, 6) is 0.712. The highest BCUT2D eigenvalue weighted by atomic mass is 16.3.